The number of aryl methyl sites for hydroxylation is 4. The normalized spacial score (nSPS) is 13.2. The summed E-state index contributed by atoms with van der Waals surface area (Å²) < 4.78 is 17.5. The Balaban J connectivity index is 2.52. The number of nitrogens with zero attached hydrogens (tertiary/aromatic N) is 1. The van der Waals surface area contributed by atoms with Crippen LogP contribution in [0.15, 0.2) is 36.5 Å². The summed E-state index contributed by atoms with van der Waals surface area (Å²) in [6, 6.07) is 10.3. The van der Waals surface area contributed by atoms with Crippen molar-refractivity contribution in [1.82, 2.24) is 0 Å². The van der Waals surface area contributed by atoms with Crippen LogP contribution < -0.4 is 4.57 Å². The molecule has 0 atom stereocenters. The second-order valence-corrected chi connectivity index (χ2v) is 4.48. The van der Waals surface area contributed by atoms with E-state index >= 15 is 0 Å². The zero-order valence-electron chi connectivity index (χ0n) is 12.9. The molecule has 2 rings (SSSR count). The van der Waals surface area contributed by atoms with Gasteiger partial charge in [0.2, 0.25) is 5.69 Å². The van der Waals surface area contributed by atoms with Gasteiger partial charge in [0, 0.05) is 19.9 Å². The first-order valence-electron chi connectivity index (χ1n) is 6.87. The molecule has 1 heterocycles. The fourth-order valence-electron chi connectivity index (χ4n) is 2.14. The van der Waals surface area contributed by atoms with Crippen LogP contribution in [0.2, 0.25) is 0 Å². The van der Waals surface area contributed by atoms with Crippen molar-refractivity contribution >= 4 is 0 Å². The number of aromatic nitrogens is 1. The van der Waals surface area contributed by atoms with Gasteiger partial charge in [0.1, 0.15) is 7.05 Å². The standard InChI is InChI=1S/C16H20N/c1-5-14-7-9-16(17(4)11-14)15-8-6-12(2)10-13(15)3/h6-11H,5H2,1-4H3/q+1/i5D2. The minimum absolute atomic E-state index is 0.698. The molecule has 1 aromatic heterocycles. The molecule has 0 unspecified atom stereocenters. The van der Waals surface area contributed by atoms with E-state index in [1.54, 1.807) is 6.92 Å². The van der Waals surface area contributed by atoms with E-state index in [0.717, 1.165) is 5.69 Å². The van der Waals surface area contributed by atoms with Gasteiger partial charge in [-0.15, -0.1) is 0 Å². The maximum atomic E-state index is 7.77. The quantitative estimate of drug-likeness (QED) is 0.694. The molecule has 1 aromatic carbocycles. The Labute approximate surface area is 107 Å². The summed E-state index contributed by atoms with van der Waals surface area (Å²) in [6.07, 6.45) is 0.563. The molecule has 0 spiro atoms. The van der Waals surface area contributed by atoms with E-state index in [1.807, 2.05) is 29.9 Å². The second-order valence-electron chi connectivity index (χ2n) is 4.48. The van der Waals surface area contributed by atoms with Gasteiger partial charge in [0.25, 0.3) is 0 Å². The lowest BCUT2D eigenvalue weighted by molar-refractivity contribution is -0.660. The second kappa shape index (κ2) is 4.70. The Hall–Kier alpha value is -1.63. The van der Waals surface area contributed by atoms with E-state index in [9.17, 15) is 0 Å². The summed E-state index contributed by atoms with van der Waals surface area (Å²) in [4.78, 5) is 0. The lowest BCUT2D eigenvalue weighted by Gasteiger charge is -2.06. The van der Waals surface area contributed by atoms with Crippen LogP contribution in [0.3, 0.4) is 0 Å². The van der Waals surface area contributed by atoms with E-state index in [0.29, 0.717) is 5.56 Å². The largest absolute Gasteiger partial charge is 0.212 e. The lowest BCUT2D eigenvalue weighted by atomic mass is 10.0. The maximum Gasteiger partial charge on any atom is 0.212 e. The fourth-order valence-corrected chi connectivity index (χ4v) is 2.14. The number of rotatable bonds is 2. The number of hydrogen-bond acceptors (Lipinski definition) is 0. The summed E-state index contributed by atoms with van der Waals surface area (Å²) in [7, 11) is 1.96. The first-order chi connectivity index (χ1) is 8.79. The molecule has 0 aliphatic heterocycles. The highest BCUT2D eigenvalue weighted by Crippen LogP contribution is 2.21. The van der Waals surface area contributed by atoms with Gasteiger partial charge in [-0.1, -0.05) is 24.6 Å². The topological polar surface area (TPSA) is 3.88 Å². The Morgan fingerprint density at radius 1 is 1.18 bits per heavy atom. The third kappa shape index (κ3) is 2.38. The zero-order chi connectivity index (χ0) is 14.2. The van der Waals surface area contributed by atoms with Crippen LogP contribution >= 0.6 is 0 Å². The smallest absolute Gasteiger partial charge is 0.201 e. The van der Waals surface area contributed by atoms with E-state index < -0.39 is 6.37 Å². The van der Waals surface area contributed by atoms with Gasteiger partial charge in [-0.05, 0) is 37.9 Å². The Morgan fingerprint density at radius 2 is 1.94 bits per heavy atom. The summed E-state index contributed by atoms with van der Waals surface area (Å²) in [6.45, 7) is 5.78. The summed E-state index contributed by atoms with van der Waals surface area (Å²) in [5, 5.41) is 0. The molecule has 0 aliphatic carbocycles. The molecule has 0 radical (unpaired) electrons. The van der Waals surface area contributed by atoms with Crippen LogP contribution in [0.5, 0.6) is 0 Å². The van der Waals surface area contributed by atoms with Gasteiger partial charge in [0.05, 0.1) is 0 Å². The van der Waals surface area contributed by atoms with E-state index in [2.05, 4.69) is 32.0 Å². The highest BCUT2D eigenvalue weighted by Gasteiger charge is 2.12. The van der Waals surface area contributed by atoms with Crippen LogP contribution in [0.25, 0.3) is 11.3 Å². The average Bonchev–Trinajstić information content (AvgIpc) is 2.28. The molecule has 0 bridgehead atoms. The Morgan fingerprint density at radius 3 is 2.53 bits per heavy atom. The summed E-state index contributed by atoms with van der Waals surface area (Å²) in [5.41, 5.74) is 5.48. The van der Waals surface area contributed by atoms with Crippen molar-refractivity contribution in [3.63, 3.8) is 0 Å². The molecule has 17 heavy (non-hydrogen) atoms. The monoisotopic (exact) mass is 228 g/mol. The van der Waals surface area contributed by atoms with Crippen LogP contribution in [0.1, 0.15) is 26.4 Å². The molecule has 1 heteroatoms. The van der Waals surface area contributed by atoms with Gasteiger partial charge in [-0.25, -0.2) is 4.57 Å². The number of hydrogen-bond donors (Lipinski definition) is 0. The van der Waals surface area contributed by atoms with Crippen molar-refractivity contribution in [3.8, 4) is 11.3 Å². The van der Waals surface area contributed by atoms with Gasteiger partial charge >= 0.3 is 0 Å². The van der Waals surface area contributed by atoms with Crippen LogP contribution in [-0.4, -0.2) is 0 Å². The molecule has 88 valence electrons. The minimum Gasteiger partial charge on any atom is -0.201 e. The molecule has 0 aliphatic rings. The Kier molecular flexibility index (Phi) is 2.60. The third-order valence-corrected chi connectivity index (χ3v) is 3.08. The van der Waals surface area contributed by atoms with Gasteiger partial charge < -0.3 is 0 Å². The van der Waals surface area contributed by atoms with E-state index in [4.69, 9.17) is 2.74 Å². The van der Waals surface area contributed by atoms with Crippen molar-refractivity contribution in [2.45, 2.75) is 27.1 Å². The van der Waals surface area contributed by atoms with Crippen LogP contribution in [0, 0.1) is 13.8 Å². The lowest BCUT2D eigenvalue weighted by Crippen LogP contribution is -2.31. The minimum atomic E-state index is -1.31. The molecule has 0 fully saturated rings. The molecule has 0 amide bonds. The van der Waals surface area contributed by atoms with Gasteiger partial charge in [-0.2, -0.15) is 0 Å². The van der Waals surface area contributed by atoms with Gasteiger partial charge in [0.15, 0.2) is 6.20 Å². The van der Waals surface area contributed by atoms with E-state index in [1.165, 1.54) is 16.7 Å². The molecule has 0 saturated carbocycles. The van der Waals surface area contributed by atoms with Crippen LogP contribution in [0.4, 0.5) is 0 Å². The SMILES string of the molecule is [2H]C([2H])(C)c1ccc(-c2ccc(C)cc2C)[n+](C)c1. The predicted molar refractivity (Wildman–Crippen MR) is 71.9 cm³/mol. The van der Waals surface area contributed by atoms with Crippen molar-refractivity contribution in [1.29, 1.82) is 0 Å². The summed E-state index contributed by atoms with van der Waals surface area (Å²) >= 11 is 0. The zero-order valence-corrected chi connectivity index (χ0v) is 10.9. The first-order valence-corrected chi connectivity index (χ1v) is 5.87. The molecule has 0 saturated heterocycles. The fraction of sp³-hybridized carbons (Fsp3) is 0.312. The molecule has 2 aromatic rings. The van der Waals surface area contributed by atoms with Crippen molar-refractivity contribution in [2.75, 3.05) is 0 Å². The highest BCUT2D eigenvalue weighted by molar-refractivity contribution is 5.61. The molecular formula is C16H20N+. The van der Waals surface area contributed by atoms with E-state index in [-0.39, 0.29) is 0 Å². The third-order valence-electron chi connectivity index (χ3n) is 3.08. The van der Waals surface area contributed by atoms with Crippen molar-refractivity contribution in [2.24, 2.45) is 7.05 Å². The molecule has 1 nitrogen and oxygen atoms in total. The average molecular weight is 228 g/mol. The molecular weight excluding hydrogens is 206 g/mol. The highest BCUT2D eigenvalue weighted by atomic mass is 14.9. The van der Waals surface area contributed by atoms with Crippen LogP contribution in [-0.2, 0) is 13.4 Å². The predicted octanol–water partition coefficient (Wildman–Crippen LogP) is 3.36. The molecule has 0 N–H and O–H groups in total. The van der Waals surface area contributed by atoms with Crippen molar-refractivity contribution in [3.05, 3.63) is 53.2 Å². The number of benzene rings is 1. The summed E-state index contributed by atoms with van der Waals surface area (Å²) in [5.74, 6) is 0. The van der Waals surface area contributed by atoms with Gasteiger partial charge in [-0.3, -0.25) is 0 Å². The number of pyridine rings is 1. The first kappa shape index (κ1) is 9.41. The van der Waals surface area contributed by atoms with Crippen molar-refractivity contribution < 1.29 is 7.31 Å². The maximum absolute atomic E-state index is 7.77. The Bertz CT molecular complexity index is 613.